The van der Waals surface area contributed by atoms with Gasteiger partial charge in [0.25, 0.3) is 5.69 Å². The van der Waals surface area contributed by atoms with Gasteiger partial charge in [0.1, 0.15) is 5.25 Å². The fourth-order valence-electron chi connectivity index (χ4n) is 2.28. The van der Waals surface area contributed by atoms with Crippen molar-refractivity contribution < 1.29 is 18.1 Å². The number of nitro benzene ring substituents is 1. The molecule has 1 aromatic rings. The fourth-order valence-corrected chi connectivity index (χ4v) is 4.13. The summed E-state index contributed by atoms with van der Waals surface area (Å²) in [6.45, 7) is 0.655. The van der Waals surface area contributed by atoms with Crippen molar-refractivity contribution in [2.45, 2.75) is 22.6 Å². The minimum Gasteiger partial charge on any atom is -0.380 e. The molecular weight excluding hydrogens is 284 g/mol. The second kappa shape index (κ2) is 5.86. The number of sulfone groups is 1. The molecule has 0 bridgehead atoms. The van der Waals surface area contributed by atoms with Gasteiger partial charge in [-0.3, -0.25) is 10.1 Å². The number of nitrogens with one attached hydrogen (secondary N) is 1. The molecule has 7 nitrogen and oxygen atoms in total. The molecular formula is C12H16N2O5S. The average molecular weight is 300 g/mol. The van der Waals surface area contributed by atoms with Crippen LogP contribution in [-0.2, 0) is 14.6 Å². The molecule has 1 fully saturated rings. The minimum absolute atomic E-state index is 0.0823. The fraction of sp³-hybridized carbons (Fsp3) is 0.500. The molecule has 0 aliphatic carbocycles. The zero-order valence-electron chi connectivity index (χ0n) is 11.0. The van der Waals surface area contributed by atoms with E-state index in [2.05, 4.69) is 5.32 Å². The molecule has 2 atom stereocenters. The van der Waals surface area contributed by atoms with E-state index in [0.717, 1.165) is 0 Å². The summed E-state index contributed by atoms with van der Waals surface area (Å²) in [6.07, 6.45) is 0.618. The molecule has 0 radical (unpaired) electrons. The van der Waals surface area contributed by atoms with Crippen LogP contribution in [0, 0.1) is 10.1 Å². The third-order valence-electron chi connectivity index (χ3n) is 3.45. The lowest BCUT2D eigenvalue weighted by Crippen LogP contribution is -2.49. The number of rotatable bonds is 4. The van der Waals surface area contributed by atoms with Gasteiger partial charge < -0.3 is 10.1 Å². The van der Waals surface area contributed by atoms with Gasteiger partial charge in [-0.2, -0.15) is 0 Å². The summed E-state index contributed by atoms with van der Waals surface area (Å²) in [5, 5.41) is 12.9. The Kier molecular flexibility index (Phi) is 4.36. The van der Waals surface area contributed by atoms with Crippen LogP contribution in [0.5, 0.6) is 0 Å². The van der Waals surface area contributed by atoms with Gasteiger partial charge in [-0.05, 0) is 25.6 Å². The quantitative estimate of drug-likeness (QED) is 0.650. The Labute approximate surface area is 117 Å². The predicted molar refractivity (Wildman–Crippen MR) is 72.4 cm³/mol. The maximum absolute atomic E-state index is 12.5. The van der Waals surface area contributed by atoms with Crippen LogP contribution in [-0.4, -0.2) is 44.9 Å². The first-order chi connectivity index (χ1) is 9.46. The van der Waals surface area contributed by atoms with E-state index in [1.807, 2.05) is 0 Å². The zero-order chi connectivity index (χ0) is 14.8. The SMILES string of the molecule is CNC1CCOCC1S(=O)(=O)c1ccc([N+](=O)[O-])cc1. The van der Waals surface area contributed by atoms with Crippen LogP contribution in [0.1, 0.15) is 6.42 Å². The van der Waals surface area contributed by atoms with E-state index in [4.69, 9.17) is 4.74 Å². The van der Waals surface area contributed by atoms with Gasteiger partial charge in [0.2, 0.25) is 0 Å². The first-order valence-electron chi connectivity index (χ1n) is 6.20. The Morgan fingerprint density at radius 1 is 1.35 bits per heavy atom. The predicted octanol–water partition coefficient (Wildman–Crippen LogP) is 0.745. The standard InChI is InChI=1S/C12H16N2O5S/c1-13-11-6-7-19-8-12(11)20(17,18)10-4-2-9(3-5-10)14(15)16/h2-5,11-13H,6-8H2,1H3. The Balaban J connectivity index is 2.31. The first kappa shape index (κ1) is 14.9. The van der Waals surface area contributed by atoms with E-state index in [-0.39, 0.29) is 23.2 Å². The minimum atomic E-state index is -3.58. The molecule has 0 amide bonds. The summed E-state index contributed by atoms with van der Waals surface area (Å²) in [5.74, 6) is 0. The van der Waals surface area contributed by atoms with Gasteiger partial charge in [-0.15, -0.1) is 0 Å². The summed E-state index contributed by atoms with van der Waals surface area (Å²) >= 11 is 0. The Morgan fingerprint density at radius 2 is 2.00 bits per heavy atom. The zero-order valence-corrected chi connectivity index (χ0v) is 11.8. The summed E-state index contributed by atoms with van der Waals surface area (Å²) in [5.41, 5.74) is -0.131. The number of nitro groups is 1. The van der Waals surface area contributed by atoms with Gasteiger partial charge in [0.05, 0.1) is 16.4 Å². The topological polar surface area (TPSA) is 98.5 Å². The summed E-state index contributed by atoms with van der Waals surface area (Å²) in [6, 6.07) is 4.77. The molecule has 1 aliphatic heterocycles. The molecule has 1 N–H and O–H groups in total. The monoisotopic (exact) mass is 300 g/mol. The summed E-state index contributed by atoms with van der Waals surface area (Å²) < 4.78 is 30.4. The molecule has 1 aromatic carbocycles. The van der Waals surface area contributed by atoms with Crippen LogP contribution in [0.4, 0.5) is 5.69 Å². The van der Waals surface area contributed by atoms with Gasteiger partial charge in [-0.1, -0.05) is 0 Å². The van der Waals surface area contributed by atoms with Gasteiger partial charge in [0, 0.05) is 24.8 Å². The molecule has 1 aliphatic rings. The van der Waals surface area contributed by atoms with Crippen molar-refractivity contribution in [3.05, 3.63) is 34.4 Å². The van der Waals surface area contributed by atoms with Crippen molar-refractivity contribution in [2.24, 2.45) is 0 Å². The lowest BCUT2D eigenvalue weighted by Gasteiger charge is -2.30. The molecule has 20 heavy (non-hydrogen) atoms. The Morgan fingerprint density at radius 3 is 2.55 bits per heavy atom. The second-order valence-corrected chi connectivity index (χ2v) is 6.76. The average Bonchev–Trinajstić information content (AvgIpc) is 2.47. The highest BCUT2D eigenvalue weighted by atomic mass is 32.2. The maximum atomic E-state index is 12.5. The van der Waals surface area contributed by atoms with E-state index >= 15 is 0 Å². The highest BCUT2D eigenvalue weighted by Crippen LogP contribution is 2.24. The highest BCUT2D eigenvalue weighted by molar-refractivity contribution is 7.92. The molecule has 0 saturated carbocycles. The van der Waals surface area contributed by atoms with Crippen molar-refractivity contribution in [2.75, 3.05) is 20.3 Å². The van der Waals surface area contributed by atoms with Crippen molar-refractivity contribution in [3.8, 4) is 0 Å². The van der Waals surface area contributed by atoms with Gasteiger partial charge in [-0.25, -0.2) is 8.42 Å². The van der Waals surface area contributed by atoms with E-state index in [1.54, 1.807) is 7.05 Å². The Bertz CT molecular complexity index is 584. The van der Waals surface area contributed by atoms with Crippen LogP contribution in [0.25, 0.3) is 0 Å². The van der Waals surface area contributed by atoms with Crippen molar-refractivity contribution in [1.82, 2.24) is 5.32 Å². The smallest absolute Gasteiger partial charge is 0.269 e. The number of nitrogens with zero attached hydrogens (tertiary/aromatic N) is 1. The van der Waals surface area contributed by atoms with E-state index in [0.29, 0.717) is 13.0 Å². The summed E-state index contributed by atoms with van der Waals surface area (Å²) in [4.78, 5) is 10.1. The van der Waals surface area contributed by atoms with Crippen LogP contribution in [0.3, 0.4) is 0 Å². The van der Waals surface area contributed by atoms with Crippen molar-refractivity contribution >= 4 is 15.5 Å². The van der Waals surface area contributed by atoms with E-state index in [9.17, 15) is 18.5 Å². The van der Waals surface area contributed by atoms with Crippen LogP contribution in [0.15, 0.2) is 29.2 Å². The molecule has 2 rings (SSSR count). The molecule has 110 valence electrons. The van der Waals surface area contributed by atoms with Gasteiger partial charge in [0.15, 0.2) is 9.84 Å². The highest BCUT2D eigenvalue weighted by Gasteiger charge is 2.36. The molecule has 0 spiro atoms. The van der Waals surface area contributed by atoms with Crippen molar-refractivity contribution in [1.29, 1.82) is 0 Å². The molecule has 1 heterocycles. The normalized spacial score (nSPS) is 23.4. The lowest BCUT2D eigenvalue weighted by molar-refractivity contribution is -0.384. The lowest BCUT2D eigenvalue weighted by atomic mass is 10.1. The van der Waals surface area contributed by atoms with Gasteiger partial charge >= 0.3 is 0 Å². The van der Waals surface area contributed by atoms with Crippen molar-refractivity contribution in [3.63, 3.8) is 0 Å². The molecule has 8 heteroatoms. The van der Waals surface area contributed by atoms with E-state index in [1.165, 1.54) is 24.3 Å². The van der Waals surface area contributed by atoms with Crippen LogP contribution in [0.2, 0.25) is 0 Å². The maximum Gasteiger partial charge on any atom is 0.269 e. The summed E-state index contributed by atoms with van der Waals surface area (Å²) in [7, 11) is -1.86. The third-order valence-corrected chi connectivity index (χ3v) is 5.64. The molecule has 2 unspecified atom stereocenters. The largest absolute Gasteiger partial charge is 0.380 e. The number of benzene rings is 1. The number of non-ortho nitro benzene ring substituents is 1. The number of hydrogen-bond acceptors (Lipinski definition) is 6. The molecule has 1 saturated heterocycles. The first-order valence-corrected chi connectivity index (χ1v) is 7.75. The molecule has 0 aromatic heterocycles. The second-order valence-electron chi connectivity index (χ2n) is 4.59. The number of ether oxygens (including phenoxy) is 1. The van der Waals surface area contributed by atoms with Crippen LogP contribution >= 0.6 is 0 Å². The van der Waals surface area contributed by atoms with E-state index < -0.39 is 20.0 Å². The Hall–Kier alpha value is -1.51. The van der Waals surface area contributed by atoms with Crippen LogP contribution < -0.4 is 5.32 Å². The number of hydrogen-bond donors (Lipinski definition) is 1. The third kappa shape index (κ3) is 2.82.